The second-order valence-electron chi connectivity index (χ2n) is 7.14. The number of aromatic nitrogens is 2. The number of nitrogens with one attached hydrogen (secondary N) is 1. The van der Waals surface area contributed by atoms with Gasteiger partial charge in [-0.2, -0.15) is 5.10 Å². The van der Waals surface area contributed by atoms with E-state index >= 15 is 0 Å². The van der Waals surface area contributed by atoms with Crippen LogP contribution in [0.5, 0.6) is 0 Å². The van der Waals surface area contributed by atoms with E-state index in [2.05, 4.69) is 27.0 Å². The first kappa shape index (κ1) is 16.3. The molecule has 0 saturated carbocycles. The van der Waals surface area contributed by atoms with Crippen LogP contribution in [0.2, 0.25) is 0 Å². The molecule has 5 heteroatoms. The first-order valence-corrected chi connectivity index (χ1v) is 9.35. The standard InChI is InChI=1S/C20H26N4O/c1-21-20(25)19-17-13-16(23-11-5-6-12-23)9-10-18(17)24(22-19)14-15-7-3-2-4-8-15/h2-4,7-8,16H,5-6,9-14H2,1H3,(H,21,25). The van der Waals surface area contributed by atoms with E-state index in [1.54, 1.807) is 7.05 Å². The minimum Gasteiger partial charge on any atom is -0.354 e. The third kappa shape index (κ3) is 3.21. The summed E-state index contributed by atoms with van der Waals surface area (Å²) in [6.07, 6.45) is 5.73. The van der Waals surface area contributed by atoms with Crippen LogP contribution in [0.1, 0.15) is 46.6 Å². The molecule has 1 fully saturated rings. The van der Waals surface area contributed by atoms with Gasteiger partial charge in [-0.05, 0) is 50.8 Å². The maximum Gasteiger partial charge on any atom is 0.271 e. The average Bonchev–Trinajstić information content (AvgIpc) is 3.30. The quantitative estimate of drug-likeness (QED) is 0.930. The fourth-order valence-electron chi connectivity index (χ4n) is 4.28. The highest BCUT2D eigenvalue weighted by Gasteiger charge is 2.32. The molecule has 5 nitrogen and oxygen atoms in total. The maximum atomic E-state index is 12.4. The molecule has 1 saturated heterocycles. The number of hydrogen-bond donors (Lipinski definition) is 1. The number of amides is 1. The van der Waals surface area contributed by atoms with Crippen molar-refractivity contribution in [3.8, 4) is 0 Å². The molecule has 4 rings (SSSR count). The van der Waals surface area contributed by atoms with Gasteiger partial charge in [-0.3, -0.25) is 9.48 Å². The summed E-state index contributed by atoms with van der Waals surface area (Å²) in [7, 11) is 1.69. The van der Waals surface area contributed by atoms with Crippen molar-refractivity contribution in [3.05, 3.63) is 52.8 Å². The van der Waals surface area contributed by atoms with Gasteiger partial charge >= 0.3 is 0 Å². The number of likely N-dealkylation sites (tertiary alicyclic amines) is 1. The summed E-state index contributed by atoms with van der Waals surface area (Å²) in [5, 5.41) is 7.47. The third-order valence-corrected chi connectivity index (χ3v) is 5.59. The zero-order valence-corrected chi connectivity index (χ0v) is 14.9. The summed E-state index contributed by atoms with van der Waals surface area (Å²) in [6, 6.07) is 10.9. The molecule has 0 spiro atoms. The molecule has 1 aliphatic heterocycles. The molecule has 0 radical (unpaired) electrons. The zero-order chi connectivity index (χ0) is 17.2. The number of benzene rings is 1. The van der Waals surface area contributed by atoms with Gasteiger partial charge in [0.15, 0.2) is 5.69 Å². The molecule has 2 aromatic rings. The lowest BCUT2D eigenvalue weighted by atomic mass is 9.90. The van der Waals surface area contributed by atoms with Gasteiger partial charge in [0.05, 0.1) is 6.54 Å². The Labute approximate surface area is 149 Å². The summed E-state index contributed by atoms with van der Waals surface area (Å²) in [6.45, 7) is 3.13. The number of nitrogens with zero attached hydrogens (tertiary/aromatic N) is 3. The highest BCUT2D eigenvalue weighted by atomic mass is 16.1. The molecule has 0 bridgehead atoms. The topological polar surface area (TPSA) is 50.2 Å². The van der Waals surface area contributed by atoms with Gasteiger partial charge in [-0.15, -0.1) is 0 Å². The van der Waals surface area contributed by atoms with E-state index in [9.17, 15) is 4.79 Å². The Morgan fingerprint density at radius 3 is 2.72 bits per heavy atom. The van der Waals surface area contributed by atoms with E-state index < -0.39 is 0 Å². The van der Waals surface area contributed by atoms with Gasteiger partial charge in [0.25, 0.3) is 5.91 Å². The van der Waals surface area contributed by atoms with Crippen molar-refractivity contribution in [2.75, 3.05) is 20.1 Å². The van der Waals surface area contributed by atoms with E-state index in [-0.39, 0.29) is 5.91 Å². The molecule has 1 atom stereocenters. The highest BCUT2D eigenvalue weighted by molar-refractivity contribution is 5.93. The van der Waals surface area contributed by atoms with Crippen molar-refractivity contribution in [1.29, 1.82) is 0 Å². The number of fused-ring (bicyclic) bond motifs is 1. The zero-order valence-electron chi connectivity index (χ0n) is 14.9. The summed E-state index contributed by atoms with van der Waals surface area (Å²) in [5.74, 6) is -0.0647. The maximum absolute atomic E-state index is 12.4. The molecule has 1 unspecified atom stereocenters. The van der Waals surface area contributed by atoms with Crippen LogP contribution in [0.3, 0.4) is 0 Å². The van der Waals surface area contributed by atoms with Gasteiger partial charge in [-0.25, -0.2) is 0 Å². The average molecular weight is 338 g/mol. The Bertz CT molecular complexity index is 747. The molecule has 132 valence electrons. The van der Waals surface area contributed by atoms with Gasteiger partial charge in [0.2, 0.25) is 0 Å². The van der Waals surface area contributed by atoms with Crippen LogP contribution in [-0.4, -0.2) is 46.8 Å². The summed E-state index contributed by atoms with van der Waals surface area (Å²) in [5.41, 5.74) is 4.26. The Balaban J connectivity index is 1.65. The molecule has 1 aromatic carbocycles. The summed E-state index contributed by atoms with van der Waals surface area (Å²) in [4.78, 5) is 15.0. The molecular formula is C20H26N4O. The predicted octanol–water partition coefficient (Wildman–Crippen LogP) is 2.24. The van der Waals surface area contributed by atoms with Crippen molar-refractivity contribution in [2.45, 2.75) is 44.7 Å². The fraction of sp³-hybridized carbons (Fsp3) is 0.500. The third-order valence-electron chi connectivity index (χ3n) is 5.59. The van der Waals surface area contributed by atoms with E-state index in [4.69, 9.17) is 5.10 Å². The van der Waals surface area contributed by atoms with E-state index in [0.29, 0.717) is 11.7 Å². The molecule has 1 aromatic heterocycles. The number of hydrogen-bond acceptors (Lipinski definition) is 3. The first-order valence-electron chi connectivity index (χ1n) is 9.35. The van der Waals surface area contributed by atoms with Gasteiger partial charge in [-0.1, -0.05) is 30.3 Å². The normalized spacial score (nSPS) is 20.4. The van der Waals surface area contributed by atoms with Crippen molar-refractivity contribution >= 4 is 5.91 Å². The fourth-order valence-corrected chi connectivity index (χ4v) is 4.28. The van der Waals surface area contributed by atoms with Crippen LogP contribution >= 0.6 is 0 Å². The minimum atomic E-state index is -0.0647. The Morgan fingerprint density at radius 1 is 1.24 bits per heavy atom. The minimum absolute atomic E-state index is 0.0647. The molecule has 1 N–H and O–H groups in total. The molecular weight excluding hydrogens is 312 g/mol. The van der Waals surface area contributed by atoms with E-state index in [0.717, 1.165) is 19.4 Å². The van der Waals surface area contributed by atoms with Crippen LogP contribution in [-0.2, 0) is 19.4 Å². The summed E-state index contributed by atoms with van der Waals surface area (Å²) < 4.78 is 2.05. The smallest absolute Gasteiger partial charge is 0.271 e. The predicted molar refractivity (Wildman–Crippen MR) is 97.8 cm³/mol. The van der Waals surface area contributed by atoms with Crippen LogP contribution in [0, 0.1) is 0 Å². The molecule has 1 aliphatic carbocycles. The van der Waals surface area contributed by atoms with Crippen molar-refractivity contribution in [2.24, 2.45) is 0 Å². The molecule has 2 aliphatic rings. The first-order chi connectivity index (χ1) is 12.3. The van der Waals surface area contributed by atoms with E-state index in [1.807, 2.05) is 18.2 Å². The molecule has 2 heterocycles. The van der Waals surface area contributed by atoms with Crippen molar-refractivity contribution in [1.82, 2.24) is 20.0 Å². The highest BCUT2D eigenvalue weighted by Crippen LogP contribution is 2.29. The van der Waals surface area contributed by atoms with Crippen LogP contribution in [0.15, 0.2) is 30.3 Å². The van der Waals surface area contributed by atoms with Crippen LogP contribution < -0.4 is 5.32 Å². The largest absolute Gasteiger partial charge is 0.354 e. The van der Waals surface area contributed by atoms with Crippen molar-refractivity contribution < 1.29 is 4.79 Å². The Morgan fingerprint density at radius 2 is 2.00 bits per heavy atom. The summed E-state index contributed by atoms with van der Waals surface area (Å²) >= 11 is 0. The second kappa shape index (κ2) is 7.00. The number of rotatable bonds is 4. The van der Waals surface area contributed by atoms with Gasteiger partial charge in [0, 0.05) is 24.3 Å². The molecule has 1 amide bonds. The molecule has 25 heavy (non-hydrogen) atoms. The lowest BCUT2D eigenvalue weighted by Gasteiger charge is -2.31. The monoisotopic (exact) mass is 338 g/mol. The second-order valence-corrected chi connectivity index (χ2v) is 7.14. The van der Waals surface area contributed by atoms with Crippen molar-refractivity contribution in [3.63, 3.8) is 0 Å². The Kier molecular flexibility index (Phi) is 4.57. The van der Waals surface area contributed by atoms with Crippen LogP contribution in [0.25, 0.3) is 0 Å². The number of carbonyl (C=O) groups is 1. The lowest BCUT2D eigenvalue weighted by Crippen LogP contribution is -2.38. The van der Waals surface area contributed by atoms with Crippen LogP contribution in [0.4, 0.5) is 0 Å². The van der Waals surface area contributed by atoms with Gasteiger partial charge in [0.1, 0.15) is 0 Å². The number of carbonyl (C=O) groups excluding carboxylic acids is 1. The van der Waals surface area contributed by atoms with E-state index in [1.165, 1.54) is 49.2 Å². The lowest BCUT2D eigenvalue weighted by molar-refractivity contribution is 0.0955. The van der Waals surface area contributed by atoms with Gasteiger partial charge < -0.3 is 10.2 Å². The SMILES string of the molecule is CNC(=O)c1nn(Cc2ccccc2)c2c1CC(N1CCCC1)CC2. The Hall–Kier alpha value is -2.14.